The van der Waals surface area contributed by atoms with Gasteiger partial charge in [0.05, 0.1) is 0 Å². The predicted molar refractivity (Wildman–Crippen MR) is 77.8 cm³/mol. The molecule has 0 amide bonds. The topological polar surface area (TPSA) is 12.0 Å². The summed E-state index contributed by atoms with van der Waals surface area (Å²) in [6.07, 6.45) is 0. The van der Waals surface area contributed by atoms with E-state index in [1.807, 2.05) is 0 Å². The molecular weight excluding hydrogens is 284 g/mol. The van der Waals surface area contributed by atoms with E-state index in [2.05, 4.69) is 23.7 Å². The number of rotatable bonds is 6. The standard InChI is InChI=1S/C14H15F2NS2/c1-10-4-6-18-14(10)9-17-5-7-19-13-8-11(15)2-3-12(13)16/h2-4,6,8,17H,5,7,9H2,1H3. The molecule has 0 spiro atoms. The minimum Gasteiger partial charge on any atom is -0.311 e. The van der Waals surface area contributed by atoms with E-state index < -0.39 is 5.82 Å². The minimum absolute atomic E-state index is 0.361. The van der Waals surface area contributed by atoms with E-state index in [0.717, 1.165) is 19.2 Å². The molecule has 0 radical (unpaired) electrons. The van der Waals surface area contributed by atoms with Gasteiger partial charge >= 0.3 is 0 Å². The fourth-order valence-corrected chi connectivity index (χ4v) is 3.35. The third-order valence-corrected chi connectivity index (χ3v) is 4.74. The highest BCUT2D eigenvalue weighted by Crippen LogP contribution is 2.22. The van der Waals surface area contributed by atoms with E-state index in [0.29, 0.717) is 10.6 Å². The van der Waals surface area contributed by atoms with Crippen molar-refractivity contribution in [3.05, 3.63) is 51.7 Å². The van der Waals surface area contributed by atoms with Gasteiger partial charge in [-0.25, -0.2) is 8.78 Å². The Hall–Kier alpha value is -0.910. The Morgan fingerprint density at radius 1 is 1.26 bits per heavy atom. The Labute approximate surface area is 120 Å². The lowest BCUT2D eigenvalue weighted by Crippen LogP contribution is -2.16. The molecule has 2 aromatic rings. The lowest BCUT2D eigenvalue weighted by Gasteiger charge is -2.05. The Morgan fingerprint density at radius 3 is 2.84 bits per heavy atom. The summed E-state index contributed by atoms with van der Waals surface area (Å²) < 4.78 is 26.3. The summed E-state index contributed by atoms with van der Waals surface area (Å²) in [5.41, 5.74) is 1.29. The van der Waals surface area contributed by atoms with Crippen molar-refractivity contribution < 1.29 is 8.78 Å². The molecule has 102 valence electrons. The monoisotopic (exact) mass is 299 g/mol. The number of thioether (sulfide) groups is 1. The van der Waals surface area contributed by atoms with E-state index in [1.54, 1.807) is 11.3 Å². The summed E-state index contributed by atoms with van der Waals surface area (Å²) in [6, 6.07) is 5.64. The molecule has 0 saturated heterocycles. The van der Waals surface area contributed by atoms with Gasteiger partial charge in [0.1, 0.15) is 11.6 Å². The molecule has 2 rings (SSSR count). The van der Waals surface area contributed by atoms with Gasteiger partial charge in [0.25, 0.3) is 0 Å². The fraction of sp³-hybridized carbons (Fsp3) is 0.286. The second-order valence-electron chi connectivity index (χ2n) is 4.13. The van der Waals surface area contributed by atoms with Crippen molar-refractivity contribution in [2.75, 3.05) is 12.3 Å². The van der Waals surface area contributed by atoms with E-state index >= 15 is 0 Å². The molecule has 0 aliphatic rings. The van der Waals surface area contributed by atoms with Crippen LogP contribution in [0, 0.1) is 18.6 Å². The van der Waals surface area contributed by atoms with Gasteiger partial charge in [-0.1, -0.05) is 0 Å². The van der Waals surface area contributed by atoms with Crippen LogP contribution in [0.5, 0.6) is 0 Å². The van der Waals surface area contributed by atoms with Crippen molar-refractivity contribution in [2.24, 2.45) is 0 Å². The highest BCUT2D eigenvalue weighted by Gasteiger charge is 2.04. The molecule has 0 unspecified atom stereocenters. The van der Waals surface area contributed by atoms with E-state index in [1.165, 1.54) is 34.3 Å². The molecular formula is C14H15F2NS2. The number of nitrogens with one attached hydrogen (secondary N) is 1. The van der Waals surface area contributed by atoms with Crippen molar-refractivity contribution in [2.45, 2.75) is 18.4 Å². The first-order chi connectivity index (χ1) is 9.16. The van der Waals surface area contributed by atoms with Crippen LogP contribution in [0.15, 0.2) is 34.5 Å². The Balaban J connectivity index is 1.72. The van der Waals surface area contributed by atoms with Crippen LogP contribution >= 0.6 is 23.1 Å². The number of benzene rings is 1. The van der Waals surface area contributed by atoms with E-state index in [-0.39, 0.29) is 5.82 Å². The number of aryl methyl sites for hydroxylation is 1. The van der Waals surface area contributed by atoms with Crippen LogP contribution in [0.3, 0.4) is 0 Å². The normalized spacial score (nSPS) is 10.9. The third-order valence-electron chi connectivity index (χ3n) is 2.68. The average molecular weight is 299 g/mol. The predicted octanol–water partition coefficient (Wildman–Crippen LogP) is 4.22. The quantitative estimate of drug-likeness (QED) is 0.633. The maximum absolute atomic E-state index is 13.3. The molecule has 19 heavy (non-hydrogen) atoms. The summed E-state index contributed by atoms with van der Waals surface area (Å²) in [4.78, 5) is 1.69. The molecule has 0 saturated carbocycles. The average Bonchev–Trinajstić information content (AvgIpc) is 2.79. The molecule has 0 bridgehead atoms. The molecule has 1 heterocycles. The van der Waals surface area contributed by atoms with E-state index in [9.17, 15) is 8.78 Å². The largest absolute Gasteiger partial charge is 0.311 e. The molecule has 0 aliphatic carbocycles. The van der Waals surface area contributed by atoms with Gasteiger partial charge in [-0.3, -0.25) is 0 Å². The maximum Gasteiger partial charge on any atom is 0.136 e. The van der Waals surface area contributed by atoms with Gasteiger partial charge in [0, 0.05) is 28.6 Å². The first-order valence-corrected chi connectivity index (χ1v) is 7.85. The van der Waals surface area contributed by atoms with Crippen molar-refractivity contribution in [1.29, 1.82) is 0 Å². The summed E-state index contributed by atoms with van der Waals surface area (Å²) in [5, 5.41) is 5.38. The van der Waals surface area contributed by atoms with Crippen molar-refractivity contribution >= 4 is 23.1 Å². The highest BCUT2D eigenvalue weighted by atomic mass is 32.2. The minimum atomic E-state index is -0.397. The Morgan fingerprint density at radius 2 is 2.11 bits per heavy atom. The van der Waals surface area contributed by atoms with E-state index in [4.69, 9.17) is 0 Å². The second kappa shape index (κ2) is 7.03. The Bertz CT molecular complexity index is 540. The smallest absolute Gasteiger partial charge is 0.136 e. The first-order valence-electron chi connectivity index (χ1n) is 5.98. The fourth-order valence-electron chi connectivity index (χ4n) is 1.61. The number of thiophene rings is 1. The van der Waals surface area contributed by atoms with Crippen LogP contribution in [0.4, 0.5) is 8.78 Å². The molecule has 5 heteroatoms. The first kappa shape index (κ1) is 14.5. The maximum atomic E-state index is 13.3. The van der Waals surface area contributed by atoms with Gasteiger partial charge in [0.2, 0.25) is 0 Å². The molecule has 0 fully saturated rings. The highest BCUT2D eigenvalue weighted by molar-refractivity contribution is 7.99. The Kier molecular flexibility index (Phi) is 5.36. The van der Waals surface area contributed by atoms with Crippen molar-refractivity contribution in [1.82, 2.24) is 5.32 Å². The number of halogens is 2. The van der Waals surface area contributed by atoms with Gasteiger partial charge < -0.3 is 5.32 Å². The molecule has 0 aliphatic heterocycles. The molecule has 1 aromatic carbocycles. The van der Waals surface area contributed by atoms with Gasteiger partial charge in [-0.2, -0.15) is 0 Å². The van der Waals surface area contributed by atoms with Crippen molar-refractivity contribution in [3.8, 4) is 0 Å². The lowest BCUT2D eigenvalue weighted by atomic mass is 10.3. The van der Waals surface area contributed by atoms with Gasteiger partial charge in [-0.05, 0) is 42.1 Å². The van der Waals surface area contributed by atoms with Gasteiger partial charge in [0.15, 0.2) is 0 Å². The van der Waals surface area contributed by atoms with Crippen molar-refractivity contribution in [3.63, 3.8) is 0 Å². The number of hydrogen-bond acceptors (Lipinski definition) is 3. The SMILES string of the molecule is Cc1ccsc1CNCCSc1cc(F)ccc1F. The van der Waals surface area contributed by atoms with Crippen LogP contribution < -0.4 is 5.32 Å². The molecule has 1 aromatic heterocycles. The van der Waals surface area contributed by atoms with Gasteiger partial charge in [-0.15, -0.1) is 23.1 Å². The summed E-state index contributed by atoms with van der Waals surface area (Å²) in [5.74, 6) is -0.0447. The zero-order valence-corrected chi connectivity index (χ0v) is 12.2. The van der Waals surface area contributed by atoms with Crippen LogP contribution in [0.25, 0.3) is 0 Å². The second-order valence-corrected chi connectivity index (χ2v) is 6.26. The summed E-state index contributed by atoms with van der Waals surface area (Å²) >= 11 is 3.06. The zero-order chi connectivity index (χ0) is 13.7. The third kappa shape index (κ3) is 4.30. The summed E-state index contributed by atoms with van der Waals surface area (Å²) in [6.45, 7) is 3.68. The zero-order valence-electron chi connectivity index (χ0n) is 10.6. The number of hydrogen-bond donors (Lipinski definition) is 1. The van der Waals surface area contributed by atoms with Crippen LogP contribution in [-0.4, -0.2) is 12.3 Å². The molecule has 1 nitrogen and oxygen atoms in total. The van der Waals surface area contributed by atoms with Crippen LogP contribution in [0.2, 0.25) is 0 Å². The summed E-state index contributed by atoms with van der Waals surface area (Å²) in [7, 11) is 0. The van der Waals surface area contributed by atoms with Crippen LogP contribution in [0.1, 0.15) is 10.4 Å². The molecule has 0 atom stereocenters. The lowest BCUT2D eigenvalue weighted by molar-refractivity contribution is 0.577. The van der Waals surface area contributed by atoms with Crippen LogP contribution in [-0.2, 0) is 6.54 Å². The molecule has 1 N–H and O–H groups in total.